The van der Waals surface area contributed by atoms with Crippen molar-refractivity contribution in [3.05, 3.63) is 29.8 Å². The molecule has 1 amide bonds. The first kappa shape index (κ1) is 18.6. The number of methoxy groups -OCH3 is 1. The Morgan fingerprint density at radius 2 is 1.88 bits per heavy atom. The highest BCUT2D eigenvalue weighted by atomic mass is 19.4. The van der Waals surface area contributed by atoms with Gasteiger partial charge < -0.3 is 10.1 Å². The lowest BCUT2D eigenvalue weighted by atomic mass is 9.95. The maximum absolute atomic E-state index is 12.5. The van der Waals surface area contributed by atoms with E-state index in [4.69, 9.17) is 4.74 Å². The molecule has 4 nitrogen and oxygen atoms in total. The van der Waals surface area contributed by atoms with Crippen molar-refractivity contribution in [2.75, 3.05) is 26.7 Å². The molecule has 0 spiro atoms. The third kappa shape index (κ3) is 4.63. The molecule has 134 valence electrons. The first-order valence-electron chi connectivity index (χ1n) is 7.93. The van der Waals surface area contributed by atoms with Crippen molar-refractivity contribution in [3.8, 4) is 5.75 Å². The Bertz CT molecular complexity index is 552. The molecule has 1 saturated heterocycles. The highest BCUT2D eigenvalue weighted by molar-refractivity contribution is 5.78. The van der Waals surface area contributed by atoms with Crippen LogP contribution in [-0.4, -0.2) is 43.7 Å². The standard InChI is InChI=1S/C17H23F3N2O2/c1-11(2)16(12-4-6-14(24-3)7-5-12)21-15(23)10-22-8-13(9-22)17(18,19)20/h4-7,11,13,16H,8-10H2,1-3H3,(H,21,23)/t16-/m1/s1. The Kier molecular flexibility index (Phi) is 5.74. The Balaban J connectivity index is 1.90. The molecule has 1 aliphatic rings. The number of amides is 1. The van der Waals surface area contributed by atoms with Gasteiger partial charge in [0.25, 0.3) is 0 Å². The Morgan fingerprint density at radius 3 is 2.33 bits per heavy atom. The van der Waals surface area contributed by atoms with Crippen LogP contribution in [0.5, 0.6) is 5.75 Å². The maximum atomic E-state index is 12.5. The van der Waals surface area contributed by atoms with Crippen molar-refractivity contribution < 1.29 is 22.7 Å². The van der Waals surface area contributed by atoms with Gasteiger partial charge in [-0.05, 0) is 23.6 Å². The molecule has 2 rings (SSSR count). The molecule has 0 saturated carbocycles. The number of halogens is 3. The summed E-state index contributed by atoms with van der Waals surface area (Å²) in [5, 5.41) is 2.92. The second-order valence-electron chi connectivity index (χ2n) is 6.49. The summed E-state index contributed by atoms with van der Waals surface area (Å²) in [5.74, 6) is -0.689. The van der Waals surface area contributed by atoms with E-state index in [1.165, 1.54) is 4.90 Å². The van der Waals surface area contributed by atoms with Gasteiger partial charge in [-0.1, -0.05) is 26.0 Å². The minimum Gasteiger partial charge on any atom is -0.497 e. The van der Waals surface area contributed by atoms with Gasteiger partial charge in [0, 0.05) is 13.1 Å². The highest BCUT2D eigenvalue weighted by Crippen LogP contribution is 2.33. The zero-order chi connectivity index (χ0) is 17.9. The van der Waals surface area contributed by atoms with Gasteiger partial charge in [-0.3, -0.25) is 9.69 Å². The van der Waals surface area contributed by atoms with E-state index in [0.29, 0.717) is 0 Å². The summed E-state index contributed by atoms with van der Waals surface area (Å²) in [5.41, 5.74) is 0.941. The molecular formula is C17H23F3N2O2. The van der Waals surface area contributed by atoms with Gasteiger partial charge in [0.1, 0.15) is 5.75 Å². The molecule has 0 radical (unpaired) electrons. The van der Waals surface area contributed by atoms with E-state index in [1.54, 1.807) is 7.11 Å². The molecule has 24 heavy (non-hydrogen) atoms. The fourth-order valence-corrected chi connectivity index (χ4v) is 2.77. The number of alkyl halides is 3. The monoisotopic (exact) mass is 344 g/mol. The number of carbonyl (C=O) groups excluding carboxylic acids is 1. The van der Waals surface area contributed by atoms with Crippen molar-refractivity contribution in [1.29, 1.82) is 0 Å². The zero-order valence-corrected chi connectivity index (χ0v) is 14.1. The SMILES string of the molecule is COc1ccc([C@H](NC(=O)CN2CC(C(F)(F)F)C2)C(C)C)cc1. The Morgan fingerprint density at radius 1 is 1.29 bits per heavy atom. The van der Waals surface area contributed by atoms with E-state index < -0.39 is 12.1 Å². The number of carbonyl (C=O) groups is 1. The number of nitrogens with one attached hydrogen (secondary N) is 1. The first-order chi connectivity index (χ1) is 11.2. The second-order valence-corrected chi connectivity index (χ2v) is 6.49. The van der Waals surface area contributed by atoms with Crippen LogP contribution >= 0.6 is 0 Å². The lowest BCUT2D eigenvalue weighted by Gasteiger charge is -2.39. The van der Waals surface area contributed by atoms with Gasteiger partial charge in [0.2, 0.25) is 5.91 Å². The van der Waals surface area contributed by atoms with Crippen molar-refractivity contribution in [1.82, 2.24) is 10.2 Å². The van der Waals surface area contributed by atoms with Crippen LogP contribution in [0.1, 0.15) is 25.5 Å². The summed E-state index contributed by atoms with van der Waals surface area (Å²) in [4.78, 5) is 13.7. The summed E-state index contributed by atoms with van der Waals surface area (Å²) in [6, 6.07) is 7.21. The molecule has 1 fully saturated rings. The van der Waals surface area contributed by atoms with E-state index in [2.05, 4.69) is 5.32 Å². The number of hydrogen-bond acceptors (Lipinski definition) is 3. The Hall–Kier alpha value is -1.76. The van der Waals surface area contributed by atoms with Crippen LogP contribution < -0.4 is 10.1 Å². The number of ether oxygens (including phenoxy) is 1. The van der Waals surface area contributed by atoms with Crippen LogP contribution in [0.4, 0.5) is 13.2 Å². The van der Waals surface area contributed by atoms with Gasteiger partial charge in [-0.25, -0.2) is 0 Å². The lowest BCUT2D eigenvalue weighted by molar-refractivity contribution is -0.209. The van der Waals surface area contributed by atoms with E-state index in [-0.39, 0.29) is 37.5 Å². The second kappa shape index (κ2) is 7.42. The number of likely N-dealkylation sites (tertiary alicyclic amines) is 1. The number of hydrogen-bond donors (Lipinski definition) is 1. The van der Waals surface area contributed by atoms with Crippen LogP contribution in [0.2, 0.25) is 0 Å². The van der Waals surface area contributed by atoms with Crippen molar-refractivity contribution >= 4 is 5.91 Å². The molecule has 0 aromatic heterocycles. The molecule has 1 atom stereocenters. The van der Waals surface area contributed by atoms with Crippen LogP contribution in [-0.2, 0) is 4.79 Å². The first-order valence-corrected chi connectivity index (χ1v) is 7.93. The summed E-state index contributed by atoms with van der Waals surface area (Å²) >= 11 is 0. The number of rotatable bonds is 6. The van der Waals surface area contributed by atoms with Gasteiger partial charge in [0.15, 0.2) is 0 Å². The maximum Gasteiger partial charge on any atom is 0.394 e. The molecule has 0 unspecified atom stereocenters. The molecule has 1 heterocycles. The molecule has 0 bridgehead atoms. The van der Waals surface area contributed by atoms with Crippen molar-refractivity contribution in [3.63, 3.8) is 0 Å². The molecule has 1 aromatic carbocycles. The van der Waals surface area contributed by atoms with Gasteiger partial charge >= 0.3 is 6.18 Å². The van der Waals surface area contributed by atoms with Gasteiger partial charge in [-0.15, -0.1) is 0 Å². The predicted molar refractivity (Wildman–Crippen MR) is 84.7 cm³/mol. The topological polar surface area (TPSA) is 41.6 Å². The van der Waals surface area contributed by atoms with Crippen LogP contribution in [0.15, 0.2) is 24.3 Å². The molecule has 1 aliphatic heterocycles. The van der Waals surface area contributed by atoms with E-state index in [0.717, 1.165) is 11.3 Å². The lowest BCUT2D eigenvalue weighted by Crippen LogP contribution is -2.56. The van der Waals surface area contributed by atoms with E-state index in [9.17, 15) is 18.0 Å². The molecule has 7 heteroatoms. The molecule has 0 aliphatic carbocycles. The van der Waals surface area contributed by atoms with Gasteiger partial charge in [-0.2, -0.15) is 13.2 Å². The van der Waals surface area contributed by atoms with E-state index >= 15 is 0 Å². The molecule has 1 aromatic rings. The average Bonchev–Trinajstić information content (AvgIpc) is 2.46. The van der Waals surface area contributed by atoms with Crippen LogP contribution in [0, 0.1) is 11.8 Å². The van der Waals surface area contributed by atoms with Crippen LogP contribution in [0.25, 0.3) is 0 Å². The molecular weight excluding hydrogens is 321 g/mol. The Labute approximate surface area is 140 Å². The largest absolute Gasteiger partial charge is 0.497 e. The minimum absolute atomic E-state index is 0.00798. The smallest absolute Gasteiger partial charge is 0.394 e. The fraction of sp³-hybridized carbons (Fsp3) is 0.588. The van der Waals surface area contributed by atoms with Gasteiger partial charge in [0.05, 0.1) is 25.6 Å². The summed E-state index contributed by atoms with van der Waals surface area (Å²) in [7, 11) is 1.58. The average molecular weight is 344 g/mol. The van der Waals surface area contributed by atoms with Crippen LogP contribution in [0.3, 0.4) is 0 Å². The van der Waals surface area contributed by atoms with Crippen molar-refractivity contribution in [2.24, 2.45) is 11.8 Å². The quantitative estimate of drug-likeness (QED) is 0.863. The summed E-state index contributed by atoms with van der Waals surface area (Å²) < 4.78 is 42.5. The summed E-state index contributed by atoms with van der Waals surface area (Å²) in [6.45, 7) is 3.75. The van der Waals surface area contributed by atoms with Crippen molar-refractivity contribution in [2.45, 2.75) is 26.1 Å². The van der Waals surface area contributed by atoms with E-state index in [1.807, 2.05) is 38.1 Å². The normalized spacial score (nSPS) is 17.5. The minimum atomic E-state index is -4.17. The highest BCUT2D eigenvalue weighted by Gasteiger charge is 2.47. The zero-order valence-electron chi connectivity index (χ0n) is 14.1. The third-order valence-electron chi connectivity index (χ3n) is 4.25. The number of nitrogens with zero attached hydrogens (tertiary/aromatic N) is 1. The predicted octanol–water partition coefficient (Wildman–Crippen LogP) is 3.00. The molecule has 1 N–H and O–H groups in total. The third-order valence-corrected chi connectivity index (χ3v) is 4.25. The summed E-state index contributed by atoms with van der Waals surface area (Å²) in [6.07, 6.45) is -4.17. The number of benzene rings is 1. The fourth-order valence-electron chi connectivity index (χ4n) is 2.77.